The maximum Gasteiger partial charge on any atom is 0.264 e. The number of anilines is 1. The quantitative estimate of drug-likeness (QED) is 0.283. The van der Waals surface area contributed by atoms with E-state index in [4.69, 9.17) is 4.74 Å². The standard InChI is InChI=1S/C30H30N2O4S/c1-24-13-19-29(20-14-24)37(34,35)32(27-15-17-28(36-2)18-16-27)23-30(33)31(21-25-9-5-3-6-10-25)22-26-11-7-4-8-12-26/h3-20H,21-23H2,1-2H3. The summed E-state index contributed by atoms with van der Waals surface area (Å²) in [7, 11) is -2.47. The van der Waals surface area contributed by atoms with E-state index >= 15 is 0 Å². The molecule has 0 aliphatic rings. The van der Waals surface area contributed by atoms with Crippen molar-refractivity contribution in [1.29, 1.82) is 0 Å². The third-order valence-electron chi connectivity index (χ3n) is 6.03. The van der Waals surface area contributed by atoms with Crippen molar-refractivity contribution in [3.05, 3.63) is 126 Å². The molecule has 0 aliphatic carbocycles. The van der Waals surface area contributed by atoms with E-state index in [-0.39, 0.29) is 17.3 Å². The smallest absolute Gasteiger partial charge is 0.264 e. The number of carbonyl (C=O) groups is 1. The van der Waals surface area contributed by atoms with E-state index in [1.165, 1.54) is 4.31 Å². The highest BCUT2D eigenvalue weighted by molar-refractivity contribution is 7.92. The number of rotatable bonds is 10. The Morgan fingerprint density at radius 1 is 0.730 bits per heavy atom. The van der Waals surface area contributed by atoms with Gasteiger partial charge in [0.05, 0.1) is 17.7 Å². The summed E-state index contributed by atoms with van der Waals surface area (Å²) in [5, 5.41) is 0. The van der Waals surface area contributed by atoms with E-state index in [1.807, 2.05) is 67.6 Å². The average Bonchev–Trinajstić information content (AvgIpc) is 2.92. The Morgan fingerprint density at radius 2 is 1.24 bits per heavy atom. The van der Waals surface area contributed by atoms with Gasteiger partial charge in [-0.3, -0.25) is 9.10 Å². The van der Waals surface area contributed by atoms with E-state index in [0.29, 0.717) is 24.5 Å². The fraction of sp³-hybridized carbons (Fsp3) is 0.167. The number of sulfonamides is 1. The van der Waals surface area contributed by atoms with Gasteiger partial charge in [-0.1, -0.05) is 78.4 Å². The lowest BCUT2D eigenvalue weighted by Crippen LogP contribution is -2.42. The number of nitrogens with zero attached hydrogens (tertiary/aromatic N) is 2. The van der Waals surface area contributed by atoms with Crippen molar-refractivity contribution in [3.63, 3.8) is 0 Å². The summed E-state index contributed by atoms with van der Waals surface area (Å²) in [5.74, 6) is 0.289. The molecule has 0 aliphatic heterocycles. The van der Waals surface area contributed by atoms with Crippen molar-refractivity contribution >= 4 is 21.6 Å². The fourth-order valence-corrected chi connectivity index (χ4v) is 5.38. The lowest BCUT2D eigenvalue weighted by Gasteiger charge is -2.29. The molecule has 4 aromatic carbocycles. The molecule has 0 unspecified atom stereocenters. The highest BCUT2D eigenvalue weighted by Gasteiger charge is 2.29. The Hall–Kier alpha value is -4.10. The van der Waals surface area contributed by atoms with Crippen LogP contribution in [-0.2, 0) is 27.9 Å². The van der Waals surface area contributed by atoms with Gasteiger partial charge in [0.25, 0.3) is 10.0 Å². The van der Waals surface area contributed by atoms with Crippen LogP contribution in [0, 0.1) is 6.92 Å². The van der Waals surface area contributed by atoms with Gasteiger partial charge in [0.15, 0.2) is 0 Å². The summed E-state index contributed by atoms with van der Waals surface area (Å²) in [5.41, 5.74) is 3.25. The number of amides is 1. The zero-order valence-corrected chi connectivity index (χ0v) is 21.8. The highest BCUT2D eigenvalue weighted by Crippen LogP contribution is 2.26. The first-order valence-corrected chi connectivity index (χ1v) is 13.4. The van der Waals surface area contributed by atoms with Crippen LogP contribution in [0.3, 0.4) is 0 Å². The molecule has 1 amide bonds. The first-order chi connectivity index (χ1) is 17.9. The fourth-order valence-electron chi connectivity index (χ4n) is 3.96. The zero-order chi connectivity index (χ0) is 26.3. The molecule has 0 atom stereocenters. The van der Waals surface area contributed by atoms with Crippen LogP contribution < -0.4 is 9.04 Å². The molecule has 37 heavy (non-hydrogen) atoms. The minimum Gasteiger partial charge on any atom is -0.497 e. The van der Waals surface area contributed by atoms with Gasteiger partial charge in [0, 0.05) is 13.1 Å². The summed E-state index contributed by atoms with van der Waals surface area (Å²) in [6.45, 7) is 2.26. The van der Waals surface area contributed by atoms with Gasteiger partial charge in [-0.15, -0.1) is 0 Å². The Bertz CT molecular complexity index is 1360. The summed E-state index contributed by atoms with van der Waals surface area (Å²) in [6, 6.07) is 32.6. The first-order valence-electron chi connectivity index (χ1n) is 12.0. The molecule has 0 heterocycles. The second-order valence-corrected chi connectivity index (χ2v) is 10.6. The average molecular weight is 515 g/mol. The van der Waals surface area contributed by atoms with Crippen molar-refractivity contribution in [3.8, 4) is 5.75 Å². The molecule has 0 spiro atoms. The minimum absolute atomic E-state index is 0.124. The third-order valence-corrected chi connectivity index (χ3v) is 7.82. The largest absolute Gasteiger partial charge is 0.497 e. The van der Waals surface area contributed by atoms with Gasteiger partial charge < -0.3 is 9.64 Å². The zero-order valence-electron chi connectivity index (χ0n) is 20.9. The van der Waals surface area contributed by atoms with Crippen molar-refractivity contribution in [2.75, 3.05) is 18.0 Å². The number of benzene rings is 4. The van der Waals surface area contributed by atoms with Crippen LogP contribution in [0.1, 0.15) is 16.7 Å². The van der Waals surface area contributed by atoms with Gasteiger partial charge in [-0.2, -0.15) is 0 Å². The topological polar surface area (TPSA) is 66.9 Å². The molecule has 190 valence electrons. The van der Waals surface area contributed by atoms with Crippen LogP contribution in [0.2, 0.25) is 0 Å². The van der Waals surface area contributed by atoms with E-state index < -0.39 is 10.0 Å². The van der Waals surface area contributed by atoms with Crippen molar-refractivity contribution in [2.45, 2.75) is 24.9 Å². The number of methoxy groups -OCH3 is 1. The molecule has 0 saturated carbocycles. The Balaban J connectivity index is 1.69. The Kier molecular flexibility index (Phi) is 8.25. The normalized spacial score (nSPS) is 11.1. The molecule has 0 saturated heterocycles. The lowest BCUT2D eigenvalue weighted by atomic mass is 10.1. The van der Waals surface area contributed by atoms with Gasteiger partial charge in [0.2, 0.25) is 5.91 Å². The molecule has 0 radical (unpaired) electrons. The monoisotopic (exact) mass is 514 g/mol. The van der Waals surface area contributed by atoms with Crippen molar-refractivity contribution in [2.24, 2.45) is 0 Å². The summed E-state index contributed by atoms with van der Waals surface area (Å²) >= 11 is 0. The Morgan fingerprint density at radius 3 is 1.73 bits per heavy atom. The predicted octanol–water partition coefficient (Wildman–Crippen LogP) is 5.43. The van der Waals surface area contributed by atoms with E-state index in [0.717, 1.165) is 16.7 Å². The van der Waals surface area contributed by atoms with E-state index in [2.05, 4.69) is 0 Å². The summed E-state index contributed by atoms with van der Waals surface area (Å²) in [6.07, 6.45) is 0. The Labute approximate surface area is 218 Å². The van der Waals surface area contributed by atoms with Crippen LogP contribution in [0.25, 0.3) is 0 Å². The van der Waals surface area contributed by atoms with E-state index in [9.17, 15) is 13.2 Å². The molecule has 4 aromatic rings. The molecule has 0 aromatic heterocycles. The summed E-state index contributed by atoms with van der Waals surface area (Å²) in [4.78, 5) is 15.6. The van der Waals surface area contributed by atoms with Gasteiger partial charge >= 0.3 is 0 Å². The molecular weight excluding hydrogens is 484 g/mol. The highest BCUT2D eigenvalue weighted by atomic mass is 32.2. The lowest BCUT2D eigenvalue weighted by molar-refractivity contribution is -0.130. The number of aryl methyl sites for hydroxylation is 1. The van der Waals surface area contributed by atoms with Crippen LogP contribution in [0.5, 0.6) is 5.75 Å². The van der Waals surface area contributed by atoms with Crippen LogP contribution in [0.15, 0.2) is 114 Å². The molecule has 4 rings (SSSR count). The minimum atomic E-state index is -4.02. The molecule has 7 heteroatoms. The SMILES string of the molecule is COc1ccc(N(CC(=O)N(Cc2ccccc2)Cc2ccccc2)S(=O)(=O)c2ccc(C)cc2)cc1. The third kappa shape index (κ3) is 6.57. The number of carbonyl (C=O) groups excluding carboxylic acids is 1. The second kappa shape index (κ2) is 11.8. The van der Waals surface area contributed by atoms with Gasteiger partial charge in [-0.25, -0.2) is 8.42 Å². The molecule has 6 nitrogen and oxygen atoms in total. The molecular formula is C30H30N2O4S. The number of hydrogen-bond donors (Lipinski definition) is 0. The first kappa shape index (κ1) is 26.0. The van der Waals surface area contributed by atoms with Crippen LogP contribution >= 0.6 is 0 Å². The maximum atomic E-state index is 13.8. The number of ether oxygens (including phenoxy) is 1. The van der Waals surface area contributed by atoms with Crippen molar-refractivity contribution in [1.82, 2.24) is 4.90 Å². The van der Waals surface area contributed by atoms with Crippen molar-refractivity contribution < 1.29 is 17.9 Å². The van der Waals surface area contributed by atoms with E-state index in [1.54, 1.807) is 60.5 Å². The molecule has 0 bridgehead atoms. The number of hydrogen-bond acceptors (Lipinski definition) is 4. The predicted molar refractivity (Wildman–Crippen MR) is 146 cm³/mol. The maximum absolute atomic E-state index is 13.8. The van der Waals surface area contributed by atoms with Gasteiger partial charge in [-0.05, 0) is 54.4 Å². The van der Waals surface area contributed by atoms with Crippen LogP contribution in [-0.4, -0.2) is 32.9 Å². The molecule has 0 N–H and O–H groups in total. The second-order valence-electron chi connectivity index (χ2n) is 8.74. The summed E-state index contributed by atoms with van der Waals surface area (Å²) < 4.78 is 34.0. The van der Waals surface area contributed by atoms with Gasteiger partial charge in [0.1, 0.15) is 12.3 Å². The van der Waals surface area contributed by atoms with Crippen LogP contribution in [0.4, 0.5) is 5.69 Å². The molecule has 0 fully saturated rings.